The molecule has 0 amide bonds. The molecule has 1 nitrogen and oxygen atoms in total. The first kappa shape index (κ1) is 16.3. The van der Waals surface area contributed by atoms with Crippen LogP contribution in [0.25, 0.3) is 0 Å². The van der Waals surface area contributed by atoms with Crippen LogP contribution < -0.4 is 5.32 Å². The minimum Gasteiger partial charge on any atom is -0.383 e. The molecule has 0 aliphatic heterocycles. The van der Waals surface area contributed by atoms with Crippen molar-refractivity contribution in [3.63, 3.8) is 0 Å². The molecule has 1 rings (SSSR count). The highest BCUT2D eigenvalue weighted by molar-refractivity contribution is 9.11. The van der Waals surface area contributed by atoms with Gasteiger partial charge in [0.1, 0.15) is 0 Å². The van der Waals surface area contributed by atoms with E-state index in [1.165, 1.54) is 25.7 Å². The van der Waals surface area contributed by atoms with Crippen molar-refractivity contribution in [1.29, 1.82) is 0 Å². The lowest BCUT2D eigenvalue weighted by atomic mass is 9.99. The van der Waals surface area contributed by atoms with Crippen LogP contribution in [0.4, 0.5) is 5.69 Å². The summed E-state index contributed by atoms with van der Waals surface area (Å²) in [5.74, 6) is 0.736. The van der Waals surface area contributed by atoms with Gasteiger partial charge in [0.05, 0.1) is 5.69 Å². The molecule has 4 heteroatoms. The summed E-state index contributed by atoms with van der Waals surface area (Å²) >= 11 is 13.1. The fourth-order valence-electron chi connectivity index (χ4n) is 1.90. The third-order valence-corrected chi connectivity index (χ3v) is 4.59. The fourth-order valence-corrected chi connectivity index (χ4v) is 3.85. The van der Waals surface area contributed by atoms with Gasteiger partial charge < -0.3 is 5.32 Å². The zero-order valence-corrected chi connectivity index (χ0v) is 14.8. The van der Waals surface area contributed by atoms with Crippen LogP contribution in [-0.4, -0.2) is 6.54 Å². The van der Waals surface area contributed by atoms with Gasteiger partial charge in [0.15, 0.2) is 0 Å². The number of halogens is 3. The second kappa shape index (κ2) is 8.44. The van der Waals surface area contributed by atoms with Gasteiger partial charge >= 0.3 is 0 Å². The van der Waals surface area contributed by atoms with Crippen LogP contribution in [0.15, 0.2) is 21.1 Å². The van der Waals surface area contributed by atoms with Crippen molar-refractivity contribution >= 4 is 49.1 Å². The maximum Gasteiger partial charge on any atom is 0.0630 e. The maximum absolute atomic E-state index is 5.99. The predicted octanol–water partition coefficient (Wildman–Crippen LogP) is 6.49. The van der Waals surface area contributed by atoms with Crippen LogP contribution in [0.3, 0.4) is 0 Å². The van der Waals surface area contributed by atoms with Crippen LogP contribution in [0.5, 0.6) is 0 Å². The SMILES string of the molecule is CCCCC(CC)CNc1c(Br)cc(Cl)cc1Br. The Labute approximate surface area is 132 Å². The topological polar surface area (TPSA) is 12.0 Å². The molecule has 0 radical (unpaired) electrons. The number of rotatable bonds is 7. The van der Waals surface area contributed by atoms with Gasteiger partial charge in [0.25, 0.3) is 0 Å². The molecule has 0 heterocycles. The molecule has 1 aromatic rings. The number of hydrogen-bond acceptors (Lipinski definition) is 1. The molecular weight excluding hydrogens is 377 g/mol. The predicted molar refractivity (Wildman–Crippen MR) is 88.6 cm³/mol. The third kappa shape index (κ3) is 5.10. The van der Waals surface area contributed by atoms with Crippen molar-refractivity contribution in [2.24, 2.45) is 5.92 Å². The van der Waals surface area contributed by atoms with E-state index in [4.69, 9.17) is 11.6 Å². The van der Waals surface area contributed by atoms with Crippen molar-refractivity contribution in [2.45, 2.75) is 39.5 Å². The van der Waals surface area contributed by atoms with E-state index in [0.717, 1.165) is 32.1 Å². The summed E-state index contributed by atoms with van der Waals surface area (Å²) in [5.41, 5.74) is 1.09. The normalized spacial score (nSPS) is 12.5. The van der Waals surface area contributed by atoms with Crippen molar-refractivity contribution in [3.8, 4) is 0 Å². The Hall–Kier alpha value is 0.270. The van der Waals surface area contributed by atoms with Crippen molar-refractivity contribution < 1.29 is 0 Å². The molecule has 0 aliphatic carbocycles. The highest BCUT2D eigenvalue weighted by Crippen LogP contribution is 2.34. The molecule has 0 aliphatic rings. The monoisotopic (exact) mass is 395 g/mol. The Kier molecular flexibility index (Phi) is 7.66. The van der Waals surface area contributed by atoms with Gasteiger partial charge in [-0.1, -0.05) is 44.7 Å². The van der Waals surface area contributed by atoms with Crippen molar-refractivity contribution in [2.75, 3.05) is 11.9 Å². The molecule has 18 heavy (non-hydrogen) atoms. The smallest absolute Gasteiger partial charge is 0.0630 e. The Bertz CT molecular complexity index is 359. The van der Waals surface area contributed by atoms with Crippen LogP contribution in [0.2, 0.25) is 5.02 Å². The van der Waals surface area contributed by atoms with Gasteiger partial charge in [-0.2, -0.15) is 0 Å². The number of unbranched alkanes of at least 4 members (excludes halogenated alkanes) is 1. The summed E-state index contributed by atoms with van der Waals surface area (Å²) in [4.78, 5) is 0. The number of benzene rings is 1. The first-order valence-electron chi connectivity index (χ1n) is 6.46. The summed E-state index contributed by atoms with van der Waals surface area (Å²) < 4.78 is 2.01. The van der Waals surface area contributed by atoms with Crippen molar-refractivity contribution in [3.05, 3.63) is 26.1 Å². The average molecular weight is 398 g/mol. The van der Waals surface area contributed by atoms with Crippen LogP contribution in [0, 0.1) is 5.92 Å². The maximum atomic E-state index is 5.99. The Morgan fingerprint density at radius 1 is 1.22 bits per heavy atom. The Morgan fingerprint density at radius 3 is 2.33 bits per heavy atom. The van der Waals surface area contributed by atoms with Gasteiger partial charge in [-0.3, -0.25) is 0 Å². The lowest BCUT2D eigenvalue weighted by molar-refractivity contribution is 0.472. The summed E-state index contributed by atoms with van der Waals surface area (Å²) in [6.45, 7) is 5.51. The van der Waals surface area contributed by atoms with Gasteiger partial charge in [-0.25, -0.2) is 0 Å². The lowest BCUT2D eigenvalue weighted by Gasteiger charge is -2.18. The van der Waals surface area contributed by atoms with Gasteiger partial charge in [0, 0.05) is 20.5 Å². The first-order chi connectivity index (χ1) is 8.58. The highest BCUT2D eigenvalue weighted by Gasteiger charge is 2.10. The lowest BCUT2D eigenvalue weighted by Crippen LogP contribution is -2.14. The molecule has 0 bridgehead atoms. The van der Waals surface area contributed by atoms with E-state index in [1.807, 2.05) is 12.1 Å². The van der Waals surface area contributed by atoms with Gasteiger partial charge in [0.2, 0.25) is 0 Å². The van der Waals surface area contributed by atoms with Crippen LogP contribution in [-0.2, 0) is 0 Å². The molecular formula is C14H20Br2ClN. The van der Waals surface area contributed by atoms with Crippen molar-refractivity contribution in [1.82, 2.24) is 0 Å². The second-order valence-electron chi connectivity index (χ2n) is 4.54. The standard InChI is InChI=1S/C14H20Br2ClN/c1-3-5-6-10(4-2)9-18-14-12(15)7-11(17)8-13(14)16/h7-8,10,18H,3-6,9H2,1-2H3. The molecule has 0 fully saturated rings. The van der Waals surface area contributed by atoms with E-state index in [1.54, 1.807) is 0 Å². The fraction of sp³-hybridized carbons (Fsp3) is 0.571. The minimum absolute atomic E-state index is 0.734. The Balaban J connectivity index is 2.62. The first-order valence-corrected chi connectivity index (χ1v) is 8.43. The minimum atomic E-state index is 0.734. The largest absolute Gasteiger partial charge is 0.383 e. The third-order valence-electron chi connectivity index (χ3n) is 3.12. The van der Waals surface area contributed by atoms with Crippen LogP contribution in [0.1, 0.15) is 39.5 Å². The summed E-state index contributed by atoms with van der Waals surface area (Å²) in [5, 5.41) is 4.25. The molecule has 1 aromatic carbocycles. The number of nitrogens with one attached hydrogen (secondary N) is 1. The molecule has 1 unspecified atom stereocenters. The molecule has 1 atom stereocenters. The summed E-state index contributed by atoms with van der Waals surface area (Å²) in [7, 11) is 0. The highest BCUT2D eigenvalue weighted by atomic mass is 79.9. The summed E-state index contributed by atoms with van der Waals surface area (Å²) in [6.07, 6.45) is 5.09. The Morgan fingerprint density at radius 2 is 1.83 bits per heavy atom. The molecule has 0 saturated heterocycles. The molecule has 0 spiro atoms. The van der Waals surface area contributed by atoms with Crippen LogP contribution >= 0.6 is 43.5 Å². The van der Waals surface area contributed by atoms with Gasteiger partial charge in [-0.15, -0.1) is 0 Å². The quantitative estimate of drug-likeness (QED) is 0.554. The average Bonchev–Trinajstić information content (AvgIpc) is 2.31. The molecule has 102 valence electrons. The zero-order chi connectivity index (χ0) is 13.5. The second-order valence-corrected chi connectivity index (χ2v) is 6.69. The van der Waals surface area contributed by atoms with E-state index in [2.05, 4.69) is 51.0 Å². The van der Waals surface area contributed by atoms with E-state index < -0.39 is 0 Å². The molecule has 0 aromatic heterocycles. The van der Waals surface area contributed by atoms with E-state index in [9.17, 15) is 0 Å². The number of anilines is 1. The van der Waals surface area contributed by atoms with E-state index >= 15 is 0 Å². The van der Waals surface area contributed by atoms with E-state index in [0.29, 0.717) is 0 Å². The molecule has 1 N–H and O–H groups in total. The summed E-state index contributed by atoms with van der Waals surface area (Å²) in [6, 6.07) is 3.84. The number of hydrogen-bond donors (Lipinski definition) is 1. The molecule has 0 saturated carbocycles. The zero-order valence-electron chi connectivity index (χ0n) is 10.9. The van der Waals surface area contributed by atoms with Gasteiger partial charge in [-0.05, 0) is 56.3 Å². The van der Waals surface area contributed by atoms with E-state index in [-0.39, 0.29) is 0 Å².